The summed E-state index contributed by atoms with van der Waals surface area (Å²) in [5, 5.41) is 19.5. The molecule has 2 N–H and O–H groups in total. The zero-order chi connectivity index (χ0) is 35.2. The van der Waals surface area contributed by atoms with Gasteiger partial charge in [-0.2, -0.15) is 0 Å². The molecule has 0 bridgehead atoms. The number of hydrogen-bond donors (Lipinski definition) is 2. The monoisotopic (exact) mass is 669 g/mol. The molecule has 0 radical (unpaired) electrons. The first-order chi connectivity index (χ1) is 23.3. The summed E-state index contributed by atoms with van der Waals surface area (Å²) < 4.78 is 9.22. The molecule has 6 nitrogen and oxygen atoms in total. The van der Waals surface area contributed by atoms with Gasteiger partial charge < -0.3 is 19.7 Å². The van der Waals surface area contributed by atoms with E-state index in [1.54, 1.807) is 0 Å². The Hall–Kier alpha value is -2.54. The summed E-state index contributed by atoms with van der Waals surface area (Å²) in [6.07, 6.45) is 30.3. The van der Waals surface area contributed by atoms with Crippen LogP contribution >= 0.6 is 0 Å². The molecule has 6 atom stereocenters. The van der Waals surface area contributed by atoms with Gasteiger partial charge >= 0.3 is 11.9 Å². The van der Waals surface area contributed by atoms with Gasteiger partial charge in [-0.25, -0.2) is 0 Å². The second kappa shape index (κ2) is 29.4. The molecule has 0 aromatic heterocycles. The summed E-state index contributed by atoms with van der Waals surface area (Å²) in [7, 11) is 2.86. The van der Waals surface area contributed by atoms with Crippen molar-refractivity contribution >= 4 is 11.9 Å². The number of allylic oxidation sites excluding steroid dienone is 4. The molecule has 0 amide bonds. The third kappa shape index (κ3) is 25.5. The zero-order valence-electron chi connectivity index (χ0n) is 30.9. The van der Waals surface area contributed by atoms with E-state index in [0.717, 1.165) is 101 Å². The molecule has 272 valence electrons. The number of aliphatic hydroxyl groups excluding tert-OH is 2. The smallest absolute Gasteiger partial charge is 0.305 e. The van der Waals surface area contributed by atoms with Crippen LogP contribution in [0.4, 0.5) is 0 Å². The molecule has 0 spiro atoms. The second-order valence-electron chi connectivity index (χ2n) is 13.6. The van der Waals surface area contributed by atoms with E-state index in [2.05, 4.69) is 71.3 Å². The average Bonchev–Trinajstić information content (AvgIpc) is 4.01. The third-order valence-electron chi connectivity index (χ3n) is 9.27. The molecule has 2 aliphatic carbocycles. The number of ether oxygens (including phenoxy) is 2. The largest absolute Gasteiger partial charge is 0.469 e. The van der Waals surface area contributed by atoms with Crippen molar-refractivity contribution in [1.29, 1.82) is 0 Å². The summed E-state index contributed by atoms with van der Waals surface area (Å²) >= 11 is 0. The van der Waals surface area contributed by atoms with Gasteiger partial charge in [0.1, 0.15) is 12.2 Å². The highest BCUT2D eigenvalue weighted by molar-refractivity contribution is 5.69. The number of rotatable bonds is 24. The topological polar surface area (TPSA) is 93.1 Å². The molecule has 0 saturated heterocycles. The predicted octanol–water partition coefficient (Wildman–Crippen LogP) is 9.27. The number of carbonyl (C=O) groups excluding carboxylic acids is 2. The fraction of sp³-hybridized carbons (Fsp3) is 0.762. The molecule has 0 aromatic carbocycles. The molecule has 48 heavy (non-hydrogen) atoms. The lowest BCUT2D eigenvalue weighted by atomic mass is 10.1. The Kier molecular flexibility index (Phi) is 26.6. The Labute approximate surface area is 293 Å². The summed E-state index contributed by atoms with van der Waals surface area (Å²) in [4.78, 5) is 21.9. The van der Waals surface area contributed by atoms with Crippen LogP contribution in [-0.4, -0.2) is 48.6 Å². The first kappa shape index (κ1) is 43.5. The lowest BCUT2D eigenvalue weighted by Gasteiger charge is -2.01. The Balaban J connectivity index is 0.000000480. The van der Waals surface area contributed by atoms with Crippen molar-refractivity contribution in [3.8, 4) is 23.7 Å². The van der Waals surface area contributed by atoms with Crippen LogP contribution in [0.5, 0.6) is 0 Å². The summed E-state index contributed by atoms with van der Waals surface area (Å²) in [6.45, 7) is 4.34. The third-order valence-corrected chi connectivity index (χ3v) is 9.27. The van der Waals surface area contributed by atoms with Crippen LogP contribution in [0.3, 0.4) is 0 Å². The van der Waals surface area contributed by atoms with Gasteiger partial charge in [0.05, 0.1) is 14.2 Å². The van der Waals surface area contributed by atoms with E-state index in [0.29, 0.717) is 12.8 Å². The van der Waals surface area contributed by atoms with Crippen LogP contribution in [0.15, 0.2) is 24.3 Å². The van der Waals surface area contributed by atoms with Crippen molar-refractivity contribution in [3.05, 3.63) is 24.3 Å². The van der Waals surface area contributed by atoms with Crippen LogP contribution in [0.25, 0.3) is 0 Å². The number of methoxy groups -OCH3 is 2. The van der Waals surface area contributed by atoms with Gasteiger partial charge in [-0.05, 0) is 114 Å². The quantitative estimate of drug-likeness (QED) is 0.0461. The van der Waals surface area contributed by atoms with Crippen LogP contribution in [0.2, 0.25) is 0 Å². The number of carbonyl (C=O) groups is 2. The van der Waals surface area contributed by atoms with Gasteiger partial charge in [-0.3, -0.25) is 9.59 Å². The van der Waals surface area contributed by atoms with Gasteiger partial charge in [0.2, 0.25) is 0 Å². The zero-order valence-corrected chi connectivity index (χ0v) is 30.9. The number of esters is 2. The van der Waals surface area contributed by atoms with Crippen LogP contribution in [0.1, 0.15) is 155 Å². The molecule has 2 rings (SSSR count). The molecular formula is C42H68O6. The lowest BCUT2D eigenvalue weighted by molar-refractivity contribution is -0.141. The molecule has 2 aliphatic rings. The maximum Gasteiger partial charge on any atom is 0.305 e. The highest BCUT2D eigenvalue weighted by Gasteiger charge is 2.35. The predicted molar refractivity (Wildman–Crippen MR) is 197 cm³/mol. The van der Waals surface area contributed by atoms with Crippen LogP contribution in [-0.2, 0) is 19.1 Å². The standard InChI is InChI=1S/2C21H34O3/c2*1-3-4-8-14-20(22)15-11-13-19-17-18(19)12-9-6-5-7-10-16-21(23)24-2/h2*5-6,18-20,22H,3-4,7-10,12-14,16-17H2,1-2H3/b2*6-5-/t18-,19-,20+;18-,19-,20-/m00/s1. The first-order valence-corrected chi connectivity index (χ1v) is 19.1. The fourth-order valence-corrected chi connectivity index (χ4v) is 5.79. The van der Waals surface area contributed by atoms with Crippen LogP contribution in [0, 0.1) is 47.4 Å². The Morgan fingerprint density at radius 1 is 0.625 bits per heavy atom. The highest BCUT2D eigenvalue weighted by Crippen LogP contribution is 2.45. The Morgan fingerprint density at radius 3 is 1.40 bits per heavy atom. The van der Waals surface area contributed by atoms with Crippen LogP contribution < -0.4 is 0 Å². The maximum absolute atomic E-state index is 11.0. The van der Waals surface area contributed by atoms with Gasteiger partial charge in [-0.1, -0.05) is 75.7 Å². The number of aliphatic hydroxyl groups is 2. The maximum atomic E-state index is 11.0. The summed E-state index contributed by atoms with van der Waals surface area (Å²) in [5.74, 6) is 15.2. The second-order valence-corrected chi connectivity index (χ2v) is 13.6. The van der Waals surface area contributed by atoms with Gasteiger partial charge in [0.25, 0.3) is 0 Å². The summed E-state index contributed by atoms with van der Waals surface area (Å²) in [6, 6.07) is 0. The van der Waals surface area contributed by atoms with E-state index in [-0.39, 0.29) is 11.9 Å². The van der Waals surface area contributed by atoms with E-state index in [1.807, 2.05) is 0 Å². The normalized spacial score (nSPS) is 20.5. The Morgan fingerprint density at radius 2 is 1.02 bits per heavy atom. The minimum absolute atomic E-state index is 0.124. The van der Waals surface area contributed by atoms with Crippen molar-refractivity contribution in [2.75, 3.05) is 14.2 Å². The first-order valence-electron chi connectivity index (χ1n) is 19.1. The van der Waals surface area contributed by atoms with Crippen molar-refractivity contribution in [2.24, 2.45) is 23.7 Å². The van der Waals surface area contributed by atoms with Crippen molar-refractivity contribution < 1.29 is 29.3 Å². The van der Waals surface area contributed by atoms with Crippen molar-refractivity contribution in [1.82, 2.24) is 0 Å². The molecule has 0 aromatic rings. The summed E-state index contributed by atoms with van der Waals surface area (Å²) in [5.41, 5.74) is 0. The Bertz CT molecular complexity index is 942. The molecule has 2 saturated carbocycles. The van der Waals surface area contributed by atoms with E-state index in [1.165, 1.54) is 65.6 Å². The minimum Gasteiger partial charge on any atom is -0.469 e. The minimum atomic E-state index is -0.429. The molecule has 0 unspecified atom stereocenters. The number of unbranched alkanes of at least 4 members (excludes halogenated alkanes) is 6. The SMILES string of the molecule is CCCCC[C@@H](O)C#CC[C@H]1C[C@@H]1CC/C=C\CCCC(=O)OC.CCCCC[C@H](O)C#CC[C@H]1C[C@@H]1CC/C=C\CCCC(=O)OC. The molecule has 0 aliphatic heterocycles. The van der Waals surface area contributed by atoms with E-state index < -0.39 is 12.2 Å². The highest BCUT2D eigenvalue weighted by atomic mass is 16.5. The molecule has 0 heterocycles. The molecule has 6 heteroatoms. The van der Waals surface area contributed by atoms with E-state index in [9.17, 15) is 19.8 Å². The number of hydrogen-bond acceptors (Lipinski definition) is 6. The fourth-order valence-electron chi connectivity index (χ4n) is 5.79. The van der Waals surface area contributed by atoms with Crippen molar-refractivity contribution in [3.63, 3.8) is 0 Å². The average molecular weight is 669 g/mol. The van der Waals surface area contributed by atoms with Gasteiger partial charge in [-0.15, -0.1) is 11.8 Å². The molecule has 2 fully saturated rings. The van der Waals surface area contributed by atoms with Crippen molar-refractivity contribution in [2.45, 2.75) is 167 Å². The van der Waals surface area contributed by atoms with E-state index in [4.69, 9.17) is 0 Å². The van der Waals surface area contributed by atoms with E-state index >= 15 is 0 Å². The molecular weight excluding hydrogens is 600 g/mol. The van der Waals surface area contributed by atoms with Gasteiger partial charge in [0.15, 0.2) is 0 Å². The van der Waals surface area contributed by atoms with Gasteiger partial charge in [0, 0.05) is 25.7 Å². The lowest BCUT2D eigenvalue weighted by Crippen LogP contribution is -2.02.